The first-order valence-electron chi connectivity index (χ1n) is 4.60. The molecule has 0 spiro atoms. The third kappa shape index (κ3) is 3.20. The van der Waals surface area contributed by atoms with E-state index in [9.17, 15) is 19.2 Å². The van der Waals surface area contributed by atoms with Crippen molar-refractivity contribution in [1.82, 2.24) is 9.55 Å². The van der Waals surface area contributed by atoms with Crippen molar-refractivity contribution in [3.8, 4) is 0 Å². The number of nitrogens with zero attached hydrogens (tertiary/aromatic N) is 1. The highest BCUT2D eigenvalue weighted by Crippen LogP contribution is 2.04. The van der Waals surface area contributed by atoms with E-state index in [2.05, 4.69) is 0 Å². The quantitative estimate of drug-likeness (QED) is 0.547. The van der Waals surface area contributed by atoms with Crippen LogP contribution in [0.4, 0.5) is 0 Å². The lowest BCUT2D eigenvalue weighted by Gasteiger charge is -2.16. The summed E-state index contributed by atoms with van der Waals surface area (Å²) in [6, 6.07) is 1.02. The van der Waals surface area contributed by atoms with Crippen LogP contribution in [0.5, 0.6) is 0 Å². The SMILES string of the molecule is O=C[C@H](O[C@@H](C=O)CO)n1ccc(=O)[nH]c1=O. The molecule has 0 bridgehead atoms. The minimum atomic E-state index is -1.39. The number of carbonyl (C=O) groups excluding carboxylic acids is 2. The number of aldehydes is 2. The first kappa shape index (κ1) is 13.0. The molecule has 0 unspecified atom stereocenters. The molecule has 0 fully saturated rings. The summed E-state index contributed by atoms with van der Waals surface area (Å²) < 4.78 is 5.65. The van der Waals surface area contributed by atoms with Gasteiger partial charge in [-0.25, -0.2) is 4.79 Å². The number of aliphatic hydroxyl groups is 1. The summed E-state index contributed by atoms with van der Waals surface area (Å²) in [7, 11) is 0. The van der Waals surface area contributed by atoms with Crippen molar-refractivity contribution in [3.63, 3.8) is 0 Å². The van der Waals surface area contributed by atoms with Crippen LogP contribution in [0.2, 0.25) is 0 Å². The molecular formula is C9H10N2O6. The maximum atomic E-state index is 11.3. The van der Waals surface area contributed by atoms with Crippen LogP contribution in [0.25, 0.3) is 0 Å². The molecule has 0 aromatic carbocycles. The van der Waals surface area contributed by atoms with Gasteiger partial charge in [0.1, 0.15) is 6.10 Å². The Morgan fingerprint density at radius 2 is 2.12 bits per heavy atom. The summed E-state index contributed by atoms with van der Waals surface area (Å²) in [4.78, 5) is 45.2. The zero-order valence-corrected chi connectivity index (χ0v) is 8.61. The molecule has 1 heterocycles. The van der Waals surface area contributed by atoms with E-state index in [4.69, 9.17) is 9.84 Å². The number of hydrogen-bond donors (Lipinski definition) is 2. The van der Waals surface area contributed by atoms with Crippen LogP contribution in [-0.2, 0) is 14.3 Å². The Kier molecular flexibility index (Phi) is 4.49. The normalized spacial score (nSPS) is 13.9. The van der Waals surface area contributed by atoms with Crippen molar-refractivity contribution in [1.29, 1.82) is 0 Å². The van der Waals surface area contributed by atoms with Crippen LogP contribution in [0.15, 0.2) is 21.9 Å². The van der Waals surface area contributed by atoms with Crippen LogP contribution in [0.3, 0.4) is 0 Å². The van der Waals surface area contributed by atoms with Crippen molar-refractivity contribution in [3.05, 3.63) is 33.1 Å². The Morgan fingerprint density at radius 1 is 1.41 bits per heavy atom. The molecule has 1 aromatic rings. The van der Waals surface area contributed by atoms with Crippen LogP contribution < -0.4 is 11.2 Å². The maximum Gasteiger partial charge on any atom is 0.330 e. The van der Waals surface area contributed by atoms with Crippen LogP contribution in [-0.4, -0.2) is 39.9 Å². The highest BCUT2D eigenvalue weighted by atomic mass is 16.5. The first-order chi connectivity index (χ1) is 8.12. The van der Waals surface area contributed by atoms with Gasteiger partial charge in [0.05, 0.1) is 6.61 Å². The molecule has 8 nitrogen and oxygen atoms in total. The average Bonchev–Trinajstić information content (AvgIpc) is 2.32. The van der Waals surface area contributed by atoms with Crippen molar-refractivity contribution in [2.45, 2.75) is 12.3 Å². The molecule has 8 heteroatoms. The second-order valence-corrected chi connectivity index (χ2v) is 3.04. The van der Waals surface area contributed by atoms with Gasteiger partial charge in [0, 0.05) is 12.3 Å². The van der Waals surface area contributed by atoms with E-state index in [1.54, 1.807) is 0 Å². The smallest absolute Gasteiger partial charge is 0.330 e. The summed E-state index contributed by atoms with van der Waals surface area (Å²) in [5, 5.41) is 8.71. The number of nitrogens with one attached hydrogen (secondary N) is 1. The molecule has 0 radical (unpaired) electrons. The monoisotopic (exact) mass is 242 g/mol. The number of carbonyl (C=O) groups is 2. The van der Waals surface area contributed by atoms with Crippen molar-refractivity contribution >= 4 is 12.6 Å². The van der Waals surface area contributed by atoms with Gasteiger partial charge in [-0.2, -0.15) is 0 Å². The Morgan fingerprint density at radius 3 is 2.59 bits per heavy atom. The summed E-state index contributed by atoms with van der Waals surface area (Å²) >= 11 is 0. The molecule has 17 heavy (non-hydrogen) atoms. The van der Waals surface area contributed by atoms with Gasteiger partial charge in [-0.05, 0) is 0 Å². The zero-order chi connectivity index (χ0) is 12.8. The molecule has 1 aromatic heterocycles. The molecule has 0 aliphatic carbocycles. The second kappa shape index (κ2) is 5.87. The van der Waals surface area contributed by atoms with E-state index in [-0.39, 0.29) is 6.29 Å². The first-order valence-corrected chi connectivity index (χ1v) is 4.60. The summed E-state index contributed by atoms with van der Waals surface area (Å²) in [6.07, 6.45) is -0.982. The lowest BCUT2D eigenvalue weighted by Crippen LogP contribution is -2.35. The van der Waals surface area contributed by atoms with Gasteiger partial charge < -0.3 is 14.6 Å². The fourth-order valence-electron chi connectivity index (χ4n) is 1.09. The largest absolute Gasteiger partial charge is 0.393 e. The lowest BCUT2D eigenvalue weighted by atomic mass is 10.4. The molecule has 0 aliphatic heterocycles. The number of aromatic nitrogens is 2. The van der Waals surface area contributed by atoms with Crippen LogP contribution in [0.1, 0.15) is 6.23 Å². The van der Waals surface area contributed by atoms with Gasteiger partial charge in [0.2, 0.25) is 0 Å². The Labute approximate surface area is 94.5 Å². The van der Waals surface area contributed by atoms with E-state index in [0.717, 1.165) is 16.8 Å². The summed E-state index contributed by atoms with van der Waals surface area (Å²) in [5.41, 5.74) is -1.47. The Balaban J connectivity index is 3.01. The molecule has 0 amide bonds. The van der Waals surface area contributed by atoms with E-state index < -0.39 is 30.2 Å². The van der Waals surface area contributed by atoms with E-state index in [0.29, 0.717) is 6.29 Å². The van der Waals surface area contributed by atoms with E-state index >= 15 is 0 Å². The number of rotatable bonds is 6. The topological polar surface area (TPSA) is 118 Å². The lowest BCUT2D eigenvalue weighted by molar-refractivity contribution is -0.140. The predicted molar refractivity (Wildman–Crippen MR) is 54.4 cm³/mol. The van der Waals surface area contributed by atoms with Gasteiger partial charge in [-0.15, -0.1) is 0 Å². The molecule has 92 valence electrons. The van der Waals surface area contributed by atoms with Crippen molar-refractivity contribution in [2.75, 3.05) is 6.61 Å². The minimum absolute atomic E-state index is 0.270. The Hall–Kier alpha value is -2.06. The minimum Gasteiger partial charge on any atom is -0.393 e. The van der Waals surface area contributed by atoms with Crippen LogP contribution >= 0.6 is 0 Å². The summed E-state index contributed by atoms with van der Waals surface area (Å²) in [5.74, 6) is 0. The number of aromatic amines is 1. The second-order valence-electron chi connectivity index (χ2n) is 3.04. The van der Waals surface area contributed by atoms with E-state index in [1.165, 1.54) is 0 Å². The van der Waals surface area contributed by atoms with Gasteiger partial charge in [-0.1, -0.05) is 0 Å². The standard InChI is InChI=1S/C9H10N2O6/c12-3-6(4-13)17-8(5-14)11-2-1-7(15)10-9(11)16/h1-3,5-6,8,13H,4H2,(H,10,15,16)/t6-,8-/m0/s1. The number of ether oxygens (including phenoxy) is 1. The van der Waals surface area contributed by atoms with Gasteiger partial charge >= 0.3 is 5.69 Å². The number of hydrogen-bond acceptors (Lipinski definition) is 6. The zero-order valence-electron chi connectivity index (χ0n) is 8.61. The molecule has 2 N–H and O–H groups in total. The van der Waals surface area contributed by atoms with Gasteiger partial charge in [-0.3, -0.25) is 19.1 Å². The van der Waals surface area contributed by atoms with Gasteiger partial charge in [0.15, 0.2) is 18.8 Å². The molecule has 0 saturated carbocycles. The summed E-state index contributed by atoms with van der Waals surface area (Å²) in [6.45, 7) is -0.619. The van der Waals surface area contributed by atoms with Gasteiger partial charge in [0.25, 0.3) is 5.56 Å². The Bertz CT molecular complexity index is 505. The van der Waals surface area contributed by atoms with Crippen molar-refractivity contribution < 1.29 is 19.4 Å². The number of aliphatic hydroxyl groups excluding tert-OH is 1. The van der Waals surface area contributed by atoms with E-state index in [1.807, 2.05) is 4.98 Å². The number of H-pyrrole nitrogens is 1. The molecule has 2 atom stereocenters. The third-order valence-corrected chi connectivity index (χ3v) is 1.89. The predicted octanol–water partition coefficient (Wildman–Crippen LogP) is -2.19. The molecule has 0 aliphatic rings. The van der Waals surface area contributed by atoms with Crippen LogP contribution in [0, 0.1) is 0 Å². The third-order valence-electron chi connectivity index (χ3n) is 1.89. The maximum absolute atomic E-state index is 11.3. The molecule has 1 rings (SSSR count). The highest BCUT2D eigenvalue weighted by molar-refractivity contribution is 5.58. The fraction of sp³-hybridized carbons (Fsp3) is 0.333. The highest BCUT2D eigenvalue weighted by Gasteiger charge is 2.17. The fourth-order valence-corrected chi connectivity index (χ4v) is 1.09. The average molecular weight is 242 g/mol. The molecule has 0 saturated heterocycles. The molecular weight excluding hydrogens is 232 g/mol. The van der Waals surface area contributed by atoms with Crippen molar-refractivity contribution in [2.24, 2.45) is 0 Å².